The molecular formula is C12H15ClN2O2. The van der Waals surface area contributed by atoms with Crippen LogP contribution >= 0.6 is 12.4 Å². The Morgan fingerprint density at radius 2 is 1.94 bits per heavy atom. The highest BCUT2D eigenvalue weighted by atomic mass is 35.5. The summed E-state index contributed by atoms with van der Waals surface area (Å²) in [4.78, 5) is 12.4. The van der Waals surface area contributed by atoms with Crippen LogP contribution < -0.4 is 0 Å². The average molecular weight is 255 g/mol. The third-order valence-electron chi connectivity index (χ3n) is 2.70. The number of halogens is 1. The standard InChI is InChI=1S/C12H14N2O2.ClH/c15-14(16)12-6-4-11(5-7-12)10-13-8-2-1-3-9-13;/h1-2,4-7H,3,8-10H2;1H. The summed E-state index contributed by atoms with van der Waals surface area (Å²) in [5.41, 5.74) is 1.28. The number of non-ortho nitro benzene ring substituents is 1. The van der Waals surface area contributed by atoms with Gasteiger partial charge in [-0.05, 0) is 12.0 Å². The van der Waals surface area contributed by atoms with Gasteiger partial charge >= 0.3 is 0 Å². The molecule has 2 rings (SSSR count). The van der Waals surface area contributed by atoms with Crippen LogP contribution in [0.1, 0.15) is 12.0 Å². The molecule has 5 heteroatoms. The zero-order valence-electron chi connectivity index (χ0n) is 9.41. The molecule has 1 aliphatic rings. The van der Waals surface area contributed by atoms with E-state index in [0.717, 1.165) is 31.6 Å². The summed E-state index contributed by atoms with van der Waals surface area (Å²) in [7, 11) is 0. The van der Waals surface area contributed by atoms with Crippen molar-refractivity contribution in [3.63, 3.8) is 0 Å². The molecule has 1 aliphatic heterocycles. The van der Waals surface area contributed by atoms with Gasteiger partial charge in [0.05, 0.1) is 4.92 Å². The Morgan fingerprint density at radius 3 is 2.47 bits per heavy atom. The van der Waals surface area contributed by atoms with Gasteiger partial charge in [0.1, 0.15) is 0 Å². The van der Waals surface area contributed by atoms with Crippen molar-refractivity contribution < 1.29 is 4.92 Å². The van der Waals surface area contributed by atoms with Crippen LogP contribution in [0.2, 0.25) is 0 Å². The molecule has 0 aromatic heterocycles. The summed E-state index contributed by atoms with van der Waals surface area (Å²) in [6, 6.07) is 6.79. The predicted molar refractivity (Wildman–Crippen MR) is 69.4 cm³/mol. The smallest absolute Gasteiger partial charge is 0.269 e. The van der Waals surface area contributed by atoms with Gasteiger partial charge in [0.25, 0.3) is 5.69 Å². The molecular weight excluding hydrogens is 240 g/mol. The monoisotopic (exact) mass is 254 g/mol. The maximum absolute atomic E-state index is 10.5. The summed E-state index contributed by atoms with van der Waals surface area (Å²) in [5.74, 6) is 0. The predicted octanol–water partition coefficient (Wildman–Crippen LogP) is 2.78. The maximum atomic E-state index is 10.5. The van der Waals surface area contributed by atoms with Gasteiger partial charge in [0.2, 0.25) is 0 Å². The van der Waals surface area contributed by atoms with E-state index in [0.29, 0.717) is 0 Å². The molecule has 1 aromatic rings. The lowest BCUT2D eigenvalue weighted by molar-refractivity contribution is -0.384. The second kappa shape index (κ2) is 6.37. The van der Waals surface area contributed by atoms with E-state index >= 15 is 0 Å². The minimum absolute atomic E-state index is 0. The Morgan fingerprint density at radius 1 is 1.24 bits per heavy atom. The number of nitrogens with zero attached hydrogens (tertiary/aromatic N) is 2. The molecule has 1 heterocycles. The maximum Gasteiger partial charge on any atom is 0.269 e. The first-order valence-electron chi connectivity index (χ1n) is 5.36. The van der Waals surface area contributed by atoms with Crippen molar-refractivity contribution in [1.29, 1.82) is 0 Å². The summed E-state index contributed by atoms with van der Waals surface area (Å²) in [6.07, 6.45) is 5.44. The van der Waals surface area contributed by atoms with Gasteiger partial charge in [0, 0.05) is 31.8 Å². The molecule has 0 bridgehead atoms. The Balaban J connectivity index is 0.00000144. The Kier molecular flexibility index (Phi) is 5.12. The lowest BCUT2D eigenvalue weighted by Crippen LogP contribution is -2.26. The summed E-state index contributed by atoms with van der Waals surface area (Å²) in [6.45, 7) is 2.90. The normalized spacial score (nSPS) is 15.3. The number of nitro benzene ring substituents is 1. The van der Waals surface area contributed by atoms with Crippen LogP contribution in [-0.4, -0.2) is 22.9 Å². The van der Waals surface area contributed by atoms with E-state index < -0.39 is 0 Å². The fraction of sp³-hybridized carbons (Fsp3) is 0.333. The highest BCUT2D eigenvalue weighted by Gasteiger charge is 2.08. The highest BCUT2D eigenvalue weighted by Crippen LogP contribution is 2.14. The van der Waals surface area contributed by atoms with Crippen LogP contribution in [-0.2, 0) is 6.54 Å². The molecule has 0 saturated carbocycles. The van der Waals surface area contributed by atoms with Crippen LogP contribution in [0.3, 0.4) is 0 Å². The van der Waals surface area contributed by atoms with E-state index in [1.165, 1.54) is 0 Å². The second-order valence-electron chi connectivity index (χ2n) is 3.92. The Hall–Kier alpha value is -1.39. The van der Waals surface area contributed by atoms with Crippen molar-refractivity contribution in [3.8, 4) is 0 Å². The third-order valence-corrected chi connectivity index (χ3v) is 2.70. The number of hydrogen-bond acceptors (Lipinski definition) is 3. The summed E-state index contributed by atoms with van der Waals surface area (Å²) < 4.78 is 0. The zero-order valence-corrected chi connectivity index (χ0v) is 10.2. The van der Waals surface area contributed by atoms with Crippen molar-refractivity contribution in [3.05, 3.63) is 52.1 Å². The van der Waals surface area contributed by atoms with Gasteiger partial charge in [-0.3, -0.25) is 15.0 Å². The Labute approximate surface area is 106 Å². The molecule has 0 unspecified atom stereocenters. The lowest BCUT2D eigenvalue weighted by atomic mass is 10.1. The van der Waals surface area contributed by atoms with Gasteiger partial charge in [-0.2, -0.15) is 0 Å². The van der Waals surface area contributed by atoms with E-state index in [-0.39, 0.29) is 23.0 Å². The molecule has 0 atom stereocenters. The number of benzene rings is 1. The van der Waals surface area contributed by atoms with E-state index in [9.17, 15) is 10.1 Å². The number of nitro groups is 1. The van der Waals surface area contributed by atoms with Gasteiger partial charge in [-0.1, -0.05) is 24.3 Å². The van der Waals surface area contributed by atoms with E-state index in [2.05, 4.69) is 17.1 Å². The molecule has 0 aliphatic carbocycles. The first-order chi connectivity index (χ1) is 7.75. The number of rotatable bonds is 3. The van der Waals surface area contributed by atoms with Gasteiger partial charge in [-0.25, -0.2) is 0 Å². The van der Waals surface area contributed by atoms with Crippen LogP contribution in [0, 0.1) is 10.1 Å². The SMILES string of the molecule is Cl.O=[N+]([O-])c1ccc(CN2CC=CCC2)cc1. The molecule has 17 heavy (non-hydrogen) atoms. The first kappa shape index (κ1) is 13.7. The first-order valence-corrected chi connectivity index (χ1v) is 5.36. The zero-order chi connectivity index (χ0) is 11.4. The van der Waals surface area contributed by atoms with Crippen LogP contribution in [0.5, 0.6) is 0 Å². The van der Waals surface area contributed by atoms with Crippen molar-refractivity contribution in [2.45, 2.75) is 13.0 Å². The molecule has 0 spiro atoms. The quantitative estimate of drug-likeness (QED) is 0.473. The fourth-order valence-electron chi connectivity index (χ4n) is 1.81. The number of hydrogen-bond donors (Lipinski definition) is 0. The molecule has 92 valence electrons. The van der Waals surface area contributed by atoms with E-state index in [1.54, 1.807) is 12.1 Å². The summed E-state index contributed by atoms with van der Waals surface area (Å²) >= 11 is 0. The van der Waals surface area contributed by atoms with Gasteiger partial charge in [-0.15, -0.1) is 12.4 Å². The van der Waals surface area contributed by atoms with Gasteiger partial charge < -0.3 is 0 Å². The van der Waals surface area contributed by atoms with Crippen LogP contribution in [0.25, 0.3) is 0 Å². The largest absolute Gasteiger partial charge is 0.295 e. The molecule has 0 radical (unpaired) electrons. The minimum Gasteiger partial charge on any atom is -0.295 e. The van der Waals surface area contributed by atoms with Gasteiger partial charge in [0.15, 0.2) is 0 Å². The van der Waals surface area contributed by atoms with E-state index in [4.69, 9.17) is 0 Å². The molecule has 0 amide bonds. The second-order valence-corrected chi connectivity index (χ2v) is 3.92. The van der Waals surface area contributed by atoms with Crippen LogP contribution in [0.15, 0.2) is 36.4 Å². The van der Waals surface area contributed by atoms with Crippen LogP contribution in [0.4, 0.5) is 5.69 Å². The van der Waals surface area contributed by atoms with Crippen molar-refractivity contribution in [2.24, 2.45) is 0 Å². The molecule has 0 N–H and O–H groups in total. The third kappa shape index (κ3) is 3.84. The molecule has 0 fully saturated rings. The van der Waals surface area contributed by atoms with Crippen molar-refractivity contribution in [2.75, 3.05) is 13.1 Å². The van der Waals surface area contributed by atoms with E-state index in [1.807, 2.05) is 12.1 Å². The Bertz CT molecular complexity index is 403. The van der Waals surface area contributed by atoms with Crippen molar-refractivity contribution >= 4 is 18.1 Å². The highest BCUT2D eigenvalue weighted by molar-refractivity contribution is 5.85. The summed E-state index contributed by atoms with van der Waals surface area (Å²) in [5, 5.41) is 10.5. The minimum atomic E-state index is -0.368. The molecule has 4 nitrogen and oxygen atoms in total. The molecule has 1 aromatic carbocycles. The fourth-order valence-corrected chi connectivity index (χ4v) is 1.81. The van der Waals surface area contributed by atoms with Crippen molar-refractivity contribution in [1.82, 2.24) is 4.90 Å². The average Bonchev–Trinajstić information content (AvgIpc) is 2.31. The molecule has 0 saturated heterocycles. The topological polar surface area (TPSA) is 46.4 Å². The lowest BCUT2D eigenvalue weighted by Gasteiger charge is -2.22.